The number of fused-ring (bicyclic) bond motifs is 2. The Kier molecular flexibility index (Phi) is 7.33. The van der Waals surface area contributed by atoms with Crippen LogP contribution in [0.3, 0.4) is 0 Å². The van der Waals surface area contributed by atoms with E-state index >= 15 is 0 Å². The highest BCUT2D eigenvalue weighted by Crippen LogP contribution is 2.43. The summed E-state index contributed by atoms with van der Waals surface area (Å²) >= 11 is 0. The Balaban J connectivity index is 1.67. The van der Waals surface area contributed by atoms with Crippen LogP contribution < -0.4 is 10.4 Å². The van der Waals surface area contributed by atoms with Crippen molar-refractivity contribution in [3.05, 3.63) is 231 Å². The first-order valence-corrected chi connectivity index (χ1v) is 17.1. The Morgan fingerprint density at radius 1 is 0.429 bits per heavy atom. The predicted molar refractivity (Wildman–Crippen MR) is 206 cm³/mol. The summed E-state index contributed by atoms with van der Waals surface area (Å²) in [6, 6.07) is 61.8. The van der Waals surface area contributed by atoms with Gasteiger partial charge in [-0.1, -0.05) is 188 Å². The normalized spacial score (nSPS) is 12.6. The average molecular weight is 623 g/mol. The molecule has 0 amide bonds. The topological polar surface area (TPSA) is 0 Å². The van der Waals surface area contributed by atoms with Gasteiger partial charge in [0.1, 0.15) is 0 Å². The summed E-state index contributed by atoms with van der Waals surface area (Å²) in [5.74, 6) is 0. The molecule has 0 saturated carbocycles. The molecular weight excluding hydrogens is 589 g/mol. The fourth-order valence-electron chi connectivity index (χ4n) is 7.82. The standard InChI is InChI=1S/C49H34/c1-6-19-34(20-7-1)41-32-18-31-40-33-42-44(37-29-16-17-30-37)46(38-25-12-4-13-26-38)47(39-27-14-5-15-28-39)49(48(42)45(40)41)43(35-21-8-2-9-22-35)36-23-10-3-11-24-36/h1-29,31-33H,30H2. The van der Waals surface area contributed by atoms with E-state index in [1.807, 2.05) is 0 Å². The molecule has 0 spiro atoms. The lowest BCUT2D eigenvalue weighted by atomic mass is 9.79. The van der Waals surface area contributed by atoms with Gasteiger partial charge in [0, 0.05) is 0 Å². The fraction of sp³-hybridized carbons (Fsp3) is 0.0204. The van der Waals surface area contributed by atoms with Crippen LogP contribution in [0.5, 0.6) is 0 Å². The third-order valence-corrected chi connectivity index (χ3v) is 9.86. The molecule has 2 aliphatic carbocycles. The molecule has 7 aromatic rings. The SMILES string of the molecule is C1=CCC(c2c(-c3ccccc3)c(-c3ccccc3)c(=C(c3ccccc3)c3ccccc3)c3c2C=c2cccc(-c4ccccc4)c2=3)=C1. The van der Waals surface area contributed by atoms with E-state index in [0.29, 0.717) is 0 Å². The number of rotatable bonds is 6. The molecule has 0 N–H and O–H groups in total. The van der Waals surface area contributed by atoms with Crippen LogP contribution >= 0.6 is 0 Å². The summed E-state index contributed by atoms with van der Waals surface area (Å²) in [7, 11) is 0. The van der Waals surface area contributed by atoms with Crippen LogP contribution in [0.4, 0.5) is 0 Å². The van der Waals surface area contributed by atoms with Crippen LogP contribution in [0.25, 0.3) is 50.6 Å². The van der Waals surface area contributed by atoms with Crippen LogP contribution in [0.1, 0.15) is 28.7 Å². The van der Waals surface area contributed by atoms with Crippen LogP contribution in [-0.4, -0.2) is 0 Å². The summed E-state index contributed by atoms with van der Waals surface area (Å²) in [5, 5.41) is 5.13. The second kappa shape index (κ2) is 12.4. The maximum absolute atomic E-state index is 2.46. The Morgan fingerprint density at radius 2 is 0.959 bits per heavy atom. The van der Waals surface area contributed by atoms with Crippen molar-refractivity contribution < 1.29 is 0 Å². The van der Waals surface area contributed by atoms with Crippen molar-refractivity contribution in [2.24, 2.45) is 0 Å². The van der Waals surface area contributed by atoms with Crippen molar-refractivity contribution in [1.29, 1.82) is 0 Å². The van der Waals surface area contributed by atoms with Gasteiger partial charge in [0.15, 0.2) is 0 Å². The fourth-order valence-corrected chi connectivity index (χ4v) is 7.82. The molecule has 9 rings (SSSR count). The second-order valence-electron chi connectivity index (χ2n) is 12.7. The van der Waals surface area contributed by atoms with Crippen LogP contribution in [0.15, 0.2) is 188 Å². The maximum atomic E-state index is 2.46. The lowest BCUT2D eigenvalue weighted by Crippen LogP contribution is -2.19. The van der Waals surface area contributed by atoms with Crippen LogP contribution in [0.2, 0.25) is 0 Å². The van der Waals surface area contributed by atoms with Gasteiger partial charge in [0.2, 0.25) is 0 Å². The Labute approximate surface area is 287 Å². The highest BCUT2D eigenvalue weighted by Gasteiger charge is 2.26. The highest BCUT2D eigenvalue weighted by molar-refractivity contribution is 6.00. The van der Waals surface area contributed by atoms with E-state index in [4.69, 9.17) is 0 Å². The van der Waals surface area contributed by atoms with Gasteiger partial charge < -0.3 is 0 Å². The predicted octanol–water partition coefficient (Wildman–Crippen LogP) is 10.7. The average Bonchev–Trinajstić information content (AvgIpc) is 3.85. The number of hydrogen-bond donors (Lipinski definition) is 0. The van der Waals surface area contributed by atoms with Gasteiger partial charge >= 0.3 is 0 Å². The smallest absolute Gasteiger partial charge is 0.000160 e. The number of hydrogen-bond acceptors (Lipinski definition) is 0. The van der Waals surface area contributed by atoms with E-state index in [1.54, 1.807) is 0 Å². The van der Waals surface area contributed by atoms with Gasteiger partial charge in [0.05, 0.1) is 0 Å². The van der Waals surface area contributed by atoms with Crippen molar-refractivity contribution in [2.45, 2.75) is 6.42 Å². The van der Waals surface area contributed by atoms with Gasteiger partial charge in [-0.25, -0.2) is 0 Å². The van der Waals surface area contributed by atoms with Crippen LogP contribution in [-0.2, 0) is 0 Å². The third-order valence-electron chi connectivity index (χ3n) is 9.86. The number of benzene rings is 7. The molecule has 0 atom stereocenters. The quantitative estimate of drug-likeness (QED) is 0.173. The minimum absolute atomic E-state index is 0.906. The van der Waals surface area contributed by atoms with Crippen molar-refractivity contribution >= 4 is 17.2 Å². The zero-order valence-corrected chi connectivity index (χ0v) is 27.2. The molecular formula is C49H34. The molecule has 230 valence electrons. The Morgan fingerprint density at radius 3 is 1.51 bits per heavy atom. The molecule has 0 radical (unpaired) electrons. The van der Waals surface area contributed by atoms with Crippen LogP contribution in [0, 0.1) is 10.4 Å². The van der Waals surface area contributed by atoms with E-state index in [2.05, 4.69) is 194 Å². The second-order valence-corrected chi connectivity index (χ2v) is 12.7. The first-order chi connectivity index (χ1) is 24.4. The zero-order chi connectivity index (χ0) is 32.6. The summed E-state index contributed by atoms with van der Waals surface area (Å²) in [5.41, 5.74) is 15.1. The highest BCUT2D eigenvalue weighted by atomic mass is 14.3. The maximum Gasteiger partial charge on any atom is -0.000160 e. The van der Waals surface area contributed by atoms with Gasteiger partial charge in [-0.15, -0.1) is 0 Å². The molecule has 2 aliphatic rings. The minimum atomic E-state index is 0.906. The molecule has 49 heavy (non-hydrogen) atoms. The van der Waals surface area contributed by atoms with Gasteiger partial charge in [-0.2, -0.15) is 0 Å². The van der Waals surface area contributed by atoms with E-state index in [0.717, 1.165) is 6.42 Å². The minimum Gasteiger partial charge on any atom is -0.0801 e. The zero-order valence-electron chi connectivity index (χ0n) is 27.2. The molecule has 0 unspecified atom stereocenters. The van der Waals surface area contributed by atoms with E-state index in [9.17, 15) is 0 Å². The molecule has 0 heteroatoms. The lowest BCUT2D eigenvalue weighted by Gasteiger charge is -2.23. The first kappa shape index (κ1) is 28.9. The number of allylic oxidation sites excluding steroid dienone is 4. The molecule has 0 saturated heterocycles. The molecule has 7 aromatic carbocycles. The van der Waals surface area contributed by atoms with E-state index in [1.165, 1.54) is 87.7 Å². The molecule has 0 bridgehead atoms. The third kappa shape index (κ3) is 5.01. The summed E-state index contributed by atoms with van der Waals surface area (Å²) in [6.07, 6.45) is 10.2. The summed E-state index contributed by atoms with van der Waals surface area (Å²) in [6.45, 7) is 0. The Hall–Kier alpha value is -6.24. The monoisotopic (exact) mass is 622 g/mol. The molecule has 0 heterocycles. The van der Waals surface area contributed by atoms with Gasteiger partial charge in [-0.3, -0.25) is 0 Å². The van der Waals surface area contributed by atoms with E-state index < -0.39 is 0 Å². The van der Waals surface area contributed by atoms with Gasteiger partial charge in [0.25, 0.3) is 0 Å². The lowest BCUT2D eigenvalue weighted by molar-refractivity contribution is 1.35. The van der Waals surface area contributed by atoms with Crippen molar-refractivity contribution in [3.8, 4) is 33.4 Å². The van der Waals surface area contributed by atoms with E-state index in [-0.39, 0.29) is 0 Å². The summed E-state index contributed by atoms with van der Waals surface area (Å²) in [4.78, 5) is 0. The van der Waals surface area contributed by atoms with Gasteiger partial charge in [-0.05, 0) is 100 Å². The Bertz CT molecular complexity index is 2570. The largest absolute Gasteiger partial charge is 0.0801 e. The molecule has 0 aromatic heterocycles. The first-order valence-electron chi connectivity index (χ1n) is 17.1. The van der Waals surface area contributed by atoms with Crippen molar-refractivity contribution in [3.63, 3.8) is 0 Å². The molecule has 0 nitrogen and oxygen atoms in total. The van der Waals surface area contributed by atoms with Crippen molar-refractivity contribution in [2.75, 3.05) is 0 Å². The van der Waals surface area contributed by atoms with Crippen molar-refractivity contribution in [1.82, 2.24) is 0 Å². The molecule has 0 aliphatic heterocycles. The molecule has 0 fully saturated rings. The summed E-state index contributed by atoms with van der Waals surface area (Å²) < 4.78 is 0.